The van der Waals surface area contributed by atoms with Crippen molar-refractivity contribution in [2.75, 3.05) is 0 Å². The topological polar surface area (TPSA) is 74.6 Å². The predicted octanol–water partition coefficient (Wildman–Crippen LogP) is 4.57. The van der Waals surface area contributed by atoms with Gasteiger partial charge in [-0.25, -0.2) is 5.43 Å². The monoisotopic (exact) mass is 409 g/mol. The van der Waals surface area contributed by atoms with E-state index in [9.17, 15) is 9.90 Å². The molecule has 4 saturated carbocycles. The second-order valence-corrected chi connectivity index (χ2v) is 10.8. The molecule has 162 valence electrons. The Bertz CT molecular complexity index is 840. The highest BCUT2D eigenvalue weighted by Crippen LogP contribution is 2.65. The normalized spacial score (nSPS) is 44.1. The third-order valence-corrected chi connectivity index (χ3v) is 9.61. The van der Waals surface area contributed by atoms with E-state index in [-0.39, 0.29) is 17.4 Å². The average molecular weight is 410 g/mol. The first kappa shape index (κ1) is 20.2. The van der Waals surface area contributed by atoms with Crippen molar-refractivity contribution in [1.82, 2.24) is 10.4 Å². The molecule has 0 bridgehead atoms. The molecule has 0 radical (unpaired) electrons. The van der Waals surface area contributed by atoms with E-state index in [1.807, 2.05) is 0 Å². The number of amides is 1. The minimum Gasteiger partial charge on any atom is -0.393 e. The number of aliphatic hydroxyl groups is 1. The molecule has 0 aromatic carbocycles. The second-order valence-electron chi connectivity index (χ2n) is 10.8. The van der Waals surface area contributed by atoms with Gasteiger partial charge >= 0.3 is 0 Å². The molecular weight excluding hydrogens is 374 g/mol. The van der Waals surface area contributed by atoms with Crippen LogP contribution in [0.25, 0.3) is 0 Å². The van der Waals surface area contributed by atoms with Crippen LogP contribution < -0.4 is 5.43 Å². The second kappa shape index (κ2) is 7.44. The molecule has 4 aliphatic rings. The number of carbonyl (C=O) groups excluding carboxylic acids is 1. The first-order valence-electron chi connectivity index (χ1n) is 11.9. The summed E-state index contributed by atoms with van der Waals surface area (Å²) in [6, 6.07) is 3.44. The van der Waals surface area contributed by atoms with Crippen LogP contribution in [0, 0.1) is 34.5 Å². The molecule has 0 aliphatic heterocycles. The van der Waals surface area contributed by atoms with Crippen LogP contribution in [0.4, 0.5) is 0 Å². The number of carbonyl (C=O) groups is 1. The Balaban J connectivity index is 1.33. The number of pyridine rings is 1. The molecule has 1 heterocycles. The Morgan fingerprint density at radius 1 is 1.10 bits per heavy atom. The third kappa shape index (κ3) is 3.12. The minimum absolute atomic E-state index is 0.0808. The summed E-state index contributed by atoms with van der Waals surface area (Å²) >= 11 is 0. The van der Waals surface area contributed by atoms with E-state index in [1.165, 1.54) is 44.2 Å². The van der Waals surface area contributed by atoms with Crippen LogP contribution in [0.5, 0.6) is 0 Å². The zero-order valence-electron chi connectivity index (χ0n) is 18.3. The molecule has 0 spiro atoms. The van der Waals surface area contributed by atoms with E-state index in [2.05, 4.69) is 29.4 Å². The zero-order valence-corrected chi connectivity index (χ0v) is 18.3. The number of hydrogen-bond acceptors (Lipinski definition) is 4. The van der Waals surface area contributed by atoms with Gasteiger partial charge in [0, 0.05) is 29.1 Å². The van der Waals surface area contributed by atoms with E-state index >= 15 is 0 Å². The number of aromatic nitrogens is 1. The molecule has 5 heteroatoms. The van der Waals surface area contributed by atoms with E-state index in [0.717, 1.165) is 31.1 Å². The summed E-state index contributed by atoms with van der Waals surface area (Å²) in [4.78, 5) is 16.4. The quantitative estimate of drug-likeness (QED) is 0.703. The number of aliphatic hydroxyl groups excluding tert-OH is 1. The highest BCUT2D eigenvalue weighted by atomic mass is 16.3. The van der Waals surface area contributed by atoms with Gasteiger partial charge in [-0.2, -0.15) is 5.10 Å². The molecular formula is C25H35N3O2. The summed E-state index contributed by atoms with van der Waals surface area (Å²) in [7, 11) is 0. The number of fused-ring (bicyclic) bond motifs is 5. The number of nitrogens with zero attached hydrogens (tertiary/aromatic N) is 2. The molecule has 7 atom stereocenters. The van der Waals surface area contributed by atoms with Crippen molar-refractivity contribution < 1.29 is 9.90 Å². The Kier molecular flexibility index (Phi) is 5.00. The van der Waals surface area contributed by atoms with Crippen LogP contribution in [-0.2, 0) is 0 Å². The largest absolute Gasteiger partial charge is 0.393 e. The van der Waals surface area contributed by atoms with Gasteiger partial charge < -0.3 is 5.11 Å². The Morgan fingerprint density at radius 2 is 1.90 bits per heavy atom. The fourth-order valence-electron chi connectivity index (χ4n) is 7.89. The number of hydrazone groups is 1. The lowest BCUT2D eigenvalue weighted by atomic mass is 9.45. The summed E-state index contributed by atoms with van der Waals surface area (Å²) < 4.78 is 0. The number of hydrogen-bond donors (Lipinski definition) is 2. The van der Waals surface area contributed by atoms with Gasteiger partial charge in [0.25, 0.3) is 5.91 Å². The lowest BCUT2D eigenvalue weighted by Gasteiger charge is -2.60. The van der Waals surface area contributed by atoms with Gasteiger partial charge in [0.2, 0.25) is 0 Å². The molecule has 2 N–H and O–H groups in total. The molecule has 5 rings (SSSR count). The average Bonchev–Trinajstić information content (AvgIpc) is 3.09. The predicted molar refractivity (Wildman–Crippen MR) is 117 cm³/mol. The molecule has 1 aromatic heterocycles. The SMILES string of the molecule is C[C@]12CCC3C(CC[C@H]4CC(O)CC[C@]34C)C1CC/C2=N/NC(=O)c1ccncc1. The fraction of sp³-hybridized carbons (Fsp3) is 0.720. The van der Waals surface area contributed by atoms with Crippen molar-refractivity contribution >= 4 is 11.6 Å². The van der Waals surface area contributed by atoms with Crippen molar-refractivity contribution in [3.05, 3.63) is 30.1 Å². The summed E-state index contributed by atoms with van der Waals surface area (Å²) in [6.45, 7) is 4.93. The molecule has 4 fully saturated rings. The van der Waals surface area contributed by atoms with Crippen molar-refractivity contribution in [3.8, 4) is 0 Å². The lowest BCUT2D eigenvalue weighted by molar-refractivity contribution is -0.113. The molecule has 5 nitrogen and oxygen atoms in total. The first-order chi connectivity index (χ1) is 14.4. The van der Waals surface area contributed by atoms with Crippen LogP contribution in [0.3, 0.4) is 0 Å². The van der Waals surface area contributed by atoms with Crippen LogP contribution in [0.15, 0.2) is 29.6 Å². The molecule has 1 aromatic rings. The van der Waals surface area contributed by atoms with Gasteiger partial charge in [0.05, 0.1) is 6.10 Å². The standard InChI is InChI=1S/C25H35N3O2/c1-24-11-7-18(29)15-17(24)3-4-19-20-5-6-22(25(20,2)12-8-21(19)24)27-28-23(30)16-9-13-26-14-10-16/h9-10,13-14,17-21,29H,3-8,11-12,15H2,1-2H3,(H,28,30)/b27-22-/t17-,18?,19?,20?,21?,24-,25-/m0/s1. The van der Waals surface area contributed by atoms with Crippen molar-refractivity contribution in [2.45, 2.75) is 77.7 Å². The number of rotatable bonds is 2. The van der Waals surface area contributed by atoms with Gasteiger partial charge in [-0.15, -0.1) is 0 Å². The van der Waals surface area contributed by atoms with E-state index in [0.29, 0.717) is 22.8 Å². The third-order valence-electron chi connectivity index (χ3n) is 9.61. The Morgan fingerprint density at radius 3 is 2.70 bits per heavy atom. The van der Waals surface area contributed by atoms with E-state index in [1.54, 1.807) is 24.5 Å². The summed E-state index contributed by atoms with van der Waals surface area (Å²) in [5.74, 6) is 2.77. The Hall–Kier alpha value is -1.75. The Labute approximate surface area is 179 Å². The van der Waals surface area contributed by atoms with Crippen LogP contribution in [-0.4, -0.2) is 27.8 Å². The van der Waals surface area contributed by atoms with Gasteiger partial charge in [-0.1, -0.05) is 13.8 Å². The summed E-state index contributed by atoms with van der Waals surface area (Å²) in [6.07, 6.45) is 13.6. The molecule has 0 saturated heterocycles. The molecule has 4 aliphatic carbocycles. The minimum atomic E-state index is -0.153. The van der Waals surface area contributed by atoms with Crippen LogP contribution in [0.1, 0.15) is 82.0 Å². The van der Waals surface area contributed by atoms with E-state index < -0.39 is 0 Å². The fourth-order valence-corrected chi connectivity index (χ4v) is 7.89. The summed E-state index contributed by atoms with van der Waals surface area (Å²) in [5.41, 5.74) is 5.13. The van der Waals surface area contributed by atoms with Gasteiger partial charge in [-0.3, -0.25) is 9.78 Å². The molecule has 4 unspecified atom stereocenters. The van der Waals surface area contributed by atoms with Gasteiger partial charge in [-0.05, 0) is 99.0 Å². The highest BCUT2D eigenvalue weighted by Gasteiger charge is 2.59. The molecule has 30 heavy (non-hydrogen) atoms. The maximum Gasteiger partial charge on any atom is 0.271 e. The summed E-state index contributed by atoms with van der Waals surface area (Å²) in [5, 5.41) is 14.9. The van der Waals surface area contributed by atoms with Crippen LogP contribution >= 0.6 is 0 Å². The van der Waals surface area contributed by atoms with Crippen molar-refractivity contribution in [1.29, 1.82) is 0 Å². The highest BCUT2D eigenvalue weighted by molar-refractivity contribution is 5.97. The van der Waals surface area contributed by atoms with Crippen molar-refractivity contribution in [3.63, 3.8) is 0 Å². The smallest absolute Gasteiger partial charge is 0.271 e. The van der Waals surface area contributed by atoms with E-state index in [4.69, 9.17) is 0 Å². The zero-order chi connectivity index (χ0) is 20.9. The van der Waals surface area contributed by atoms with Gasteiger partial charge in [0.1, 0.15) is 0 Å². The maximum absolute atomic E-state index is 12.5. The first-order valence-corrected chi connectivity index (χ1v) is 11.9. The number of nitrogens with one attached hydrogen (secondary N) is 1. The van der Waals surface area contributed by atoms with Crippen molar-refractivity contribution in [2.24, 2.45) is 39.6 Å². The molecule has 1 amide bonds. The lowest BCUT2D eigenvalue weighted by Crippen LogP contribution is -2.54. The van der Waals surface area contributed by atoms with Crippen LogP contribution in [0.2, 0.25) is 0 Å². The maximum atomic E-state index is 12.5. The van der Waals surface area contributed by atoms with Gasteiger partial charge in [0.15, 0.2) is 0 Å².